The quantitative estimate of drug-likeness (QED) is 0.819. The van der Waals surface area contributed by atoms with Gasteiger partial charge in [-0.2, -0.15) is 13.9 Å². The molecule has 8 heteroatoms. The van der Waals surface area contributed by atoms with Gasteiger partial charge in [0.05, 0.1) is 7.11 Å². The Bertz CT molecular complexity index is 674. The highest BCUT2D eigenvalue weighted by Crippen LogP contribution is 2.31. The van der Waals surface area contributed by atoms with Crippen molar-refractivity contribution >= 4 is 11.6 Å². The fraction of sp³-hybridized carbons (Fsp3) is 0.333. The smallest absolute Gasteiger partial charge is 0.387 e. The van der Waals surface area contributed by atoms with Crippen molar-refractivity contribution in [2.75, 3.05) is 12.4 Å². The highest BCUT2D eigenvalue weighted by molar-refractivity contribution is 6.03. The summed E-state index contributed by atoms with van der Waals surface area (Å²) in [5, 5.41) is 9.27. The van der Waals surface area contributed by atoms with E-state index in [0.29, 0.717) is 5.69 Å². The number of methoxy groups -OCH3 is 1. The summed E-state index contributed by atoms with van der Waals surface area (Å²) < 4.78 is 34.1. The first-order chi connectivity index (χ1) is 11.0. The van der Waals surface area contributed by atoms with E-state index in [2.05, 4.69) is 20.3 Å². The molecule has 1 heterocycles. The van der Waals surface area contributed by atoms with Crippen LogP contribution in [-0.2, 0) is 6.42 Å². The van der Waals surface area contributed by atoms with Crippen LogP contribution in [0.5, 0.6) is 11.5 Å². The highest BCUT2D eigenvalue weighted by atomic mass is 19.3. The molecule has 0 fully saturated rings. The number of hydrogen-bond donors (Lipinski definition) is 2. The molecule has 0 saturated carbocycles. The normalized spacial score (nSPS) is 10.7. The summed E-state index contributed by atoms with van der Waals surface area (Å²) in [5.74, 6) is -0.459. The van der Waals surface area contributed by atoms with E-state index < -0.39 is 12.5 Å². The number of H-pyrrole nitrogens is 1. The Labute approximate surface area is 131 Å². The SMILES string of the molecule is CCCc1cc(C(=O)Nc2ccc(OC)c(OC(F)F)c2)n[nH]1. The number of aromatic nitrogens is 2. The molecule has 2 rings (SSSR count). The van der Waals surface area contributed by atoms with E-state index in [0.717, 1.165) is 18.5 Å². The Kier molecular flexibility index (Phi) is 5.51. The molecule has 6 nitrogen and oxygen atoms in total. The minimum atomic E-state index is -2.99. The van der Waals surface area contributed by atoms with Gasteiger partial charge in [-0.25, -0.2) is 0 Å². The fourth-order valence-electron chi connectivity index (χ4n) is 2.01. The maximum atomic E-state index is 12.4. The number of ether oxygens (including phenoxy) is 2. The monoisotopic (exact) mass is 325 g/mol. The van der Waals surface area contributed by atoms with Crippen molar-refractivity contribution in [2.45, 2.75) is 26.4 Å². The number of rotatable bonds is 7. The maximum Gasteiger partial charge on any atom is 0.387 e. The molecule has 0 spiro atoms. The molecule has 0 bridgehead atoms. The first-order valence-electron chi connectivity index (χ1n) is 7.02. The number of anilines is 1. The summed E-state index contributed by atoms with van der Waals surface area (Å²) >= 11 is 0. The van der Waals surface area contributed by atoms with Crippen LogP contribution < -0.4 is 14.8 Å². The molecule has 0 atom stereocenters. The zero-order valence-corrected chi connectivity index (χ0v) is 12.7. The largest absolute Gasteiger partial charge is 0.493 e. The number of carbonyl (C=O) groups is 1. The molecular weight excluding hydrogens is 308 g/mol. The van der Waals surface area contributed by atoms with E-state index in [9.17, 15) is 13.6 Å². The van der Waals surface area contributed by atoms with Crippen LogP contribution in [0.2, 0.25) is 0 Å². The topological polar surface area (TPSA) is 76.2 Å². The average molecular weight is 325 g/mol. The van der Waals surface area contributed by atoms with Gasteiger partial charge >= 0.3 is 6.61 Å². The number of carbonyl (C=O) groups excluding carboxylic acids is 1. The van der Waals surface area contributed by atoms with Gasteiger partial charge in [0.2, 0.25) is 0 Å². The predicted molar refractivity (Wildman–Crippen MR) is 80.2 cm³/mol. The minimum absolute atomic E-state index is 0.147. The van der Waals surface area contributed by atoms with Crippen molar-refractivity contribution in [1.29, 1.82) is 0 Å². The van der Waals surface area contributed by atoms with Crippen molar-refractivity contribution in [1.82, 2.24) is 10.2 Å². The third kappa shape index (κ3) is 4.41. The van der Waals surface area contributed by atoms with Gasteiger partial charge in [-0.1, -0.05) is 13.3 Å². The van der Waals surface area contributed by atoms with Crippen molar-refractivity contribution < 1.29 is 23.0 Å². The van der Waals surface area contributed by atoms with Crippen molar-refractivity contribution in [3.63, 3.8) is 0 Å². The lowest BCUT2D eigenvalue weighted by Crippen LogP contribution is -2.13. The van der Waals surface area contributed by atoms with E-state index in [-0.39, 0.29) is 17.2 Å². The Morgan fingerprint density at radius 2 is 2.13 bits per heavy atom. The number of benzene rings is 1. The van der Waals surface area contributed by atoms with Crippen LogP contribution in [0, 0.1) is 0 Å². The lowest BCUT2D eigenvalue weighted by Gasteiger charge is -2.11. The van der Waals surface area contributed by atoms with Gasteiger partial charge in [-0.15, -0.1) is 0 Å². The fourth-order valence-corrected chi connectivity index (χ4v) is 2.01. The van der Waals surface area contributed by atoms with Gasteiger partial charge in [0.25, 0.3) is 5.91 Å². The third-order valence-electron chi connectivity index (χ3n) is 3.02. The molecular formula is C15H17F2N3O3. The van der Waals surface area contributed by atoms with Gasteiger partial charge in [0.1, 0.15) is 0 Å². The number of nitrogens with zero attached hydrogens (tertiary/aromatic N) is 1. The number of aryl methyl sites for hydroxylation is 1. The van der Waals surface area contributed by atoms with Crippen molar-refractivity contribution in [3.8, 4) is 11.5 Å². The van der Waals surface area contributed by atoms with Crippen molar-refractivity contribution in [3.05, 3.63) is 35.7 Å². The van der Waals surface area contributed by atoms with Crippen LogP contribution in [0.25, 0.3) is 0 Å². The molecule has 0 aliphatic carbocycles. The minimum Gasteiger partial charge on any atom is -0.493 e. The van der Waals surface area contributed by atoms with E-state index in [1.807, 2.05) is 6.92 Å². The molecule has 23 heavy (non-hydrogen) atoms. The summed E-state index contributed by atoms with van der Waals surface area (Å²) in [6, 6.07) is 5.87. The molecule has 124 valence electrons. The Morgan fingerprint density at radius 3 is 2.78 bits per heavy atom. The summed E-state index contributed by atoms with van der Waals surface area (Å²) in [5.41, 5.74) is 1.38. The first-order valence-corrected chi connectivity index (χ1v) is 7.02. The number of amides is 1. The van der Waals surface area contributed by atoms with Crippen LogP contribution in [0.3, 0.4) is 0 Å². The van der Waals surface area contributed by atoms with Gasteiger partial charge in [-0.3, -0.25) is 9.89 Å². The Balaban J connectivity index is 2.13. The molecule has 2 N–H and O–H groups in total. The summed E-state index contributed by atoms with van der Waals surface area (Å²) in [4.78, 5) is 12.1. The number of alkyl halides is 2. The maximum absolute atomic E-state index is 12.4. The second kappa shape index (κ2) is 7.57. The van der Waals surface area contributed by atoms with E-state index in [4.69, 9.17) is 4.74 Å². The lowest BCUT2D eigenvalue weighted by molar-refractivity contribution is -0.0511. The first kappa shape index (κ1) is 16.7. The second-order valence-corrected chi connectivity index (χ2v) is 4.73. The highest BCUT2D eigenvalue weighted by Gasteiger charge is 2.14. The number of aromatic amines is 1. The van der Waals surface area contributed by atoms with Gasteiger partial charge in [-0.05, 0) is 24.6 Å². The molecule has 1 aromatic carbocycles. The summed E-state index contributed by atoms with van der Waals surface area (Å²) in [6.45, 7) is -0.972. The summed E-state index contributed by atoms with van der Waals surface area (Å²) in [7, 11) is 1.34. The number of nitrogens with one attached hydrogen (secondary N) is 2. The Hall–Kier alpha value is -2.64. The molecule has 0 saturated heterocycles. The Morgan fingerprint density at radius 1 is 1.35 bits per heavy atom. The van der Waals surface area contributed by atoms with Crippen LogP contribution >= 0.6 is 0 Å². The molecule has 0 unspecified atom stereocenters. The number of hydrogen-bond acceptors (Lipinski definition) is 4. The molecule has 0 aliphatic rings. The van der Waals surface area contributed by atoms with Gasteiger partial charge in [0, 0.05) is 17.4 Å². The van der Waals surface area contributed by atoms with E-state index >= 15 is 0 Å². The second-order valence-electron chi connectivity index (χ2n) is 4.73. The van der Waals surface area contributed by atoms with Crippen molar-refractivity contribution in [2.24, 2.45) is 0 Å². The van der Waals surface area contributed by atoms with Gasteiger partial charge in [0.15, 0.2) is 17.2 Å². The summed E-state index contributed by atoms with van der Waals surface area (Å²) in [6.07, 6.45) is 1.71. The molecule has 1 aromatic heterocycles. The van der Waals surface area contributed by atoms with E-state index in [1.54, 1.807) is 6.07 Å². The lowest BCUT2D eigenvalue weighted by atomic mass is 10.2. The molecule has 1 amide bonds. The predicted octanol–water partition coefficient (Wildman–Crippen LogP) is 3.22. The van der Waals surface area contributed by atoms with Crippen LogP contribution in [0.1, 0.15) is 29.5 Å². The molecule has 2 aromatic rings. The van der Waals surface area contributed by atoms with Crippen LogP contribution in [0.15, 0.2) is 24.3 Å². The van der Waals surface area contributed by atoms with E-state index in [1.165, 1.54) is 25.3 Å². The zero-order chi connectivity index (χ0) is 16.8. The molecule has 0 radical (unpaired) electrons. The standard InChI is InChI=1S/C15H17F2N3O3/c1-3-4-10-7-11(20-19-10)14(21)18-9-5-6-12(22-2)13(8-9)23-15(16)17/h5-8,15H,3-4H2,1-2H3,(H,18,21)(H,19,20). The van der Waals surface area contributed by atoms with Crippen LogP contribution in [0.4, 0.5) is 14.5 Å². The average Bonchev–Trinajstić information content (AvgIpc) is 2.96. The molecule has 0 aliphatic heterocycles. The zero-order valence-electron chi connectivity index (χ0n) is 12.7. The van der Waals surface area contributed by atoms with Gasteiger partial charge < -0.3 is 14.8 Å². The van der Waals surface area contributed by atoms with Crippen LogP contribution in [-0.4, -0.2) is 29.8 Å². The third-order valence-corrected chi connectivity index (χ3v) is 3.02. The number of halogens is 2.